The molecule has 3 aliphatic heterocycles. The van der Waals surface area contributed by atoms with Crippen LogP contribution in [0.5, 0.6) is 40.2 Å². The van der Waals surface area contributed by atoms with Crippen LogP contribution in [-0.2, 0) is 44.7 Å². The molecule has 3 N–H and O–H groups in total. The quantitative estimate of drug-likeness (QED) is 0.0349. The summed E-state index contributed by atoms with van der Waals surface area (Å²) >= 11 is 0. The summed E-state index contributed by atoms with van der Waals surface area (Å²) in [7, 11) is 7.69. The van der Waals surface area contributed by atoms with E-state index in [0.717, 1.165) is 23.3 Å². The van der Waals surface area contributed by atoms with Gasteiger partial charge in [-0.15, -0.1) is 0 Å². The number of benzene rings is 4. The molecular weight excluding hydrogens is 1050 g/mol. The van der Waals surface area contributed by atoms with Crippen molar-refractivity contribution < 1.29 is 81.0 Å². The zero-order valence-corrected chi connectivity index (χ0v) is 46.6. The van der Waals surface area contributed by atoms with Gasteiger partial charge in [0.25, 0.3) is 23.6 Å². The molecule has 434 valence electrons. The van der Waals surface area contributed by atoms with Gasteiger partial charge in [-0.25, -0.2) is 4.79 Å². The Labute approximate surface area is 470 Å². The summed E-state index contributed by atoms with van der Waals surface area (Å²) in [5, 5.41) is 7.68. The molecule has 0 bridgehead atoms. The predicted molar refractivity (Wildman–Crippen MR) is 292 cm³/mol. The second-order valence-electron chi connectivity index (χ2n) is 19.4. The topological polar surface area (TPSA) is 262 Å². The minimum absolute atomic E-state index is 0.0112. The maximum Gasteiger partial charge on any atom is 0.329 e. The fraction of sp³-hybridized carbons (Fsp3) is 0.458. The first kappa shape index (κ1) is 60.2. The minimum Gasteiger partial charge on any atom is -0.493 e. The van der Waals surface area contributed by atoms with E-state index in [4.69, 9.17) is 42.6 Å². The van der Waals surface area contributed by atoms with Crippen LogP contribution in [0.1, 0.15) is 114 Å². The number of amides is 7. The number of methoxy groups -OCH3 is 5. The number of nitrogens with one attached hydrogen (secondary N) is 3. The summed E-state index contributed by atoms with van der Waals surface area (Å²) in [6.45, 7) is 2.92. The van der Waals surface area contributed by atoms with E-state index in [9.17, 15) is 38.4 Å². The third kappa shape index (κ3) is 15.1. The number of rotatable bonds is 29. The molecule has 4 atom stereocenters. The van der Waals surface area contributed by atoms with Gasteiger partial charge in [0.1, 0.15) is 29.7 Å². The number of carbonyl (C=O) groups is 8. The van der Waals surface area contributed by atoms with Crippen molar-refractivity contribution in [3.63, 3.8) is 0 Å². The molecule has 3 heterocycles. The maximum atomic E-state index is 14.5. The predicted octanol–water partition coefficient (Wildman–Crippen LogP) is 5.41. The number of carbonyl (C=O) groups excluding carboxylic acids is 8. The van der Waals surface area contributed by atoms with Crippen LogP contribution >= 0.6 is 0 Å². The SMILES string of the molecule is CC[C@H](C(=O)N1CCCC[C@H]1C(=O)O[C@H](CCc1ccc(OC)c(OC)c1)c1ccc(OCC(=O)NCCCOCCCNC(=O)COc2cccc3c2C(=O)N(C2CCC(=O)NC2=O)C3=O)cc1)c1cc(OC)c(OC)c(OC)c1. The summed E-state index contributed by atoms with van der Waals surface area (Å²) in [6.07, 6.45) is 3.58. The highest BCUT2D eigenvalue weighted by Gasteiger charge is 2.46. The summed E-state index contributed by atoms with van der Waals surface area (Å²) in [5.74, 6) is -1.86. The molecule has 22 heteroatoms. The van der Waals surface area contributed by atoms with E-state index in [-0.39, 0.29) is 54.7 Å². The number of fused-ring (bicyclic) bond motifs is 1. The lowest BCUT2D eigenvalue weighted by Crippen LogP contribution is -2.54. The molecular formula is C59H71N5O17. The van der Waals surface area contributed by atoms with Gasteiger partial charge >= 0.3 is 5.97 Å². The summed E-state index contributed by atoms with van der Waals surface area (Å²) in [5.41, 5.74) is 2.30. The molecule has 81 heavy (non-hydrogen) atoms. The van der Waals surface area contributed by atoms with E-state index in [1.807, 2.05) is 25.1 Å². The van der Waals surface area contributed by atoms with E-state index >= 15 is 0 Å². The fourth-order valence-corrected chi connectivity index (χ4v) is 10.0. The molecule has 0 spiro atoms. The van der Waals surface area contributed by atoms with Crippen molar-refractivity contribution in [3.8, 4) is 40.2 Å². The highest BCUT2D eigenvalue weighted by molar-refractivity contribution is 6.24. The van der Waals surface area contributed by atoms with Gasteiger partial charge in [0, 0.05) is 39.3 Å². The van der Waals surface area contributed by atoms with Crippen LogP contribution in [0.25, 0.3) is 0 Å². The Morgan fingerprint density at radius 2 is 1.36 bits per heavy atom. The third-order valence-corrected chi connectivity index (χ3v) is 14.2. The van der Waals surface area contributed by atoms with Crippen molar-refractivity contribution in [1.29, 1.82) is 0 Å². The number of hydrogen-bond acceptors (Lipinski definition) is 17. The smallest absolute Gasteiger partial charge is 0.329 e. The zero-order chi connectivity index (χ0) is 58.0. The van der Waals surface area contributed by atoms with Crippen molar-refractivity contribution in [1.82, 2.24) is 25.8 Å². The average Bonchev–Trinajstić information content (AvgIpc) is 3.75. The normalized spacial score (nSPS) is 16.6. The van der Waals surface area contributed by atoms with Crippen LogP contribution in [0.3, 0.4) is 0 Å². The van der Waals surface area contributed by atoms with E-state index in [1.54, 1.807) is 55.5 Å². The molecule has 4 aromatic carbocycles. The highest BCUT2D eigenvalue weighted by atomic mass is 16.5. The number of nitrogens with zero attached hydrogens (tertiary/aromatic N) is 2. The summed E-state index contributed by atoms with van der Waals surface area (Å²) < 4.78 is 51.2. The minimum atomic E-state index is -1.13. The van der Waals surface area contributed by atoms with E-state index in [2.05, 4.69) is 16.0 Å². The number of aryl methyl sites for hydroxylation is 1. The zero-order valence-electron chi connectivity index (χ0n) is 46.6. The Bertz CT molecular complexity index is 2890. The Morgan fingerprint density at radius 3 is 1.99 bits per heavy atom. The Hall–Kier alpha value is -8.40. The van der Waals surface area contributed by atoms with Gasteiger partial charge in [-0.1, -0.05) is 31.2 Å². The number of likely N-dealkylation sites (tertiary alicyclic amines) is 1. The first-order valence-electron chi connectivity index (χ1n) is 27.1. The molecule has 0 radical (unpaired) electrons. The third-order valence-electron chi connectivity index (χ3n) is 14.2. The lowest BCUT2D eigenvalue weighted by atomic mass is 9.91. The van der Waals surface area contributed by atoms with Gasteiger partial charge in [-0.05, 0) is 123 Å². The number of imide groups is 2. The number of ether oxygens (including phenoxy) is 9. The summed E-state index contributed by atoms with van der Waals surface area (Å²) in [6, 6.07) is 18.6. The van der Waals surface area contributed by atoms with Gasteiger partial charge < -0.3 is 58.2 Å². The lowest BCUT2D eigenvalue weighted by Gasteiger charge is -2.37. The second-order valence-corrected chi connectivity index (χ2v) is 19.4. The van der Waals surface area contributed by atoms with Gasteiger partial charge in [0.05, 0.1) is 52.6 Å². The van der Waals surface area contributed by atoms with Crippen LogP contribution < -0.4 is 49.1 Å². The molecule has 2 fully saturated rings. The van der Waals surface area contributed by atoms with Crippen LogP contribution in [-0.4, -0.2) is 151 Å². The summed E-state index contributed by atoms with van der Waals surface area (Å²) in [4.78, 5) is 107. The monoisotopic (exact) mass is 1120 g/mol. The van der Waals surface area contributed by atoms with Gasteiger partial charge in [-0.2, -0.15) is 0 Å². The number of piperidine rings is 2. The largest absolute Gasteiger partial charge is 0.493 e. The first-order valence-corrected chi connectivity index (χ1v) is 27.1. The molecule has 0 aliphatic carbocycles. The molecule has 0 saturated carbocycles. The van der Waals surface area contributed by atoms with Crippen molar-refractivity contribution >= 4 is 47.3 Å². The van der Waals surface area contributed by atoms with Crippen molar-refractivity contribution in [2.75, 3.05) is 81.6 Å². The van der Waals surface area contributed by atoms with Crippen molar-refractivity contribution in [3.05, 3.63) is 101 Å². The maximum absolute atomic E-state index is 14.5. The van der Waals surface area contributed by atoms with Crippen LogP contribution in [0.4, 0.5) is 0 Å². The van der Waals surface area contributed by atoms with Crippen molar-refractivity contribution in [2.24, 2.45) is 0 Å². The Balaban J connectivity index is 0.851. The van der Waals surface area contributed by atoms with Crippen LogP contribution in [0, 0.1) is 0 Å². The lowest BCUT2D eigenvalue weighted by molar-refractivity contribution is -0.162. The fourth-order valence-electron chi connectivity index (χ4n) is 10.0. The molecule has 0 aromatic heterocycles. The number of hydrogen-bond donors (Lipinski definition) is 3. The molecule has 7 amide bonds. The molecule has 2 saturated heterocycles. The second kappa shape index (κ2) is 29.2. The molecule has 1 unspecified atom stereocenters. The standard InChI is InChI=1S/C59H71N5O17/c1-7-40(38-32-48(75-4)54(77-6)49(33-38)76-5)56(69)63-28-9-8-14-43(63)59(72)81-44(23-16-36-17-24-45(73-2)47(31-36)74-3)37-18-20-39(21-19-37)79-34-51(66)60-26-11-29-78-30-12-27-61-52(67)35-80-46-15-10-13-41-53(46)58(71)64(57(41)70)42-22-25-50(65)62-55(42)68/h10,13,15,17-21,24,31-33,40,42-44H,7-9,11-12,14,16,22-23,25-30,34-35H2,1-6H3,(H,60,66)(H,61,67)(H,62,65,68)/t40-,42?,43-,44+/m0/s1. The van der Waals surface area contributed by atoms with Crippen molar-refractivity contribution in [2.45, 2.75) is 95.2 Å². The van der Waals surface area contributed by atoms with Gasteiger partial charge in [0.2, 0.25) is 23.5 Å². The van der Waals surface area contributed by atoms with E-state index < -0.39 is 66.2 Å². The number of esters is 1. The molecule has 7 rings (SSSR count). The van der Waals surface area contributed by atoms with E-state index in [0.29, 0.717) is 110 Å². The van der Waals surface area contributed by atoms with Crippen LogP contribution in [0.2, 0.25) is 0 Å². The van der Waals surface area contributed by atoms with E-state index in [1.165, 1.54) is 39.5 Å². The molecule has 22 nitrogen and oxygen atoms in total. The Morgan fingerprint density at radius 1 is 0.691 bits per heavy atom. The first-order chi connectivity index (χ1) is 39.2. The highest BCUT2D eigenvalue weighted by Crippen LogP contribution is 2.42. The van der Waals surface area contributed by atoms with Gasteiger partial charge in [-0.3, -0.25) is 43.8 Å². The van der Waals surface area contributed by atoms with Crippen LogP contribution in [0.15, 0.2) is 72.8 Å². The molecule has 3 aliphatic rings. The molecule has 4 aromatic rings. The Kier molecular flexibility index (Phi) is 21.7. The van der Waals surface area contributed by atoms with Gasteiger partial charge in [0.15, 0.2) is 36.2 Å². The average molecular weight is 1120 g/mol.